The predicted octanol–water partition coefficient (Wildman–Crippen LogP) is 3.54. The highest BCUT2D eigenvalue weighted by Crippen LogP contribution is 2.18. The summed E-state index contributed by atoms with van der Waals surface area (Å²) in [6, 6.07) is 8.72. The highest BCUT2D eigenvalue weighted by atomic mass is 16.5. The second kappa shape index (κ2) is 7.29. The molecule has 16 heavy (non-hydrogen) atoms. The van der Waals surface area contributed by atoms with Gasteiger partial charge in [0.2, 0.25) is 0 Å². The van der Waals surface area contributed by atoms with E-state index in [1.807, 2.05) is 13.0 Å². The smallest absolute Gasteiger partial charge is 0.119 e. The van der Waals surface area contributed by atoms with Crippen LogP contribution in [0.25, 0.3) is 0 Å². The molecule has 0 aromatic heterocycles. The number of benzene rings is 1. The van der Waals surface area contributed by atoms with Crippen LogP contribution in [0.15, 0.2) is 24.3 Å². The summed E-state index contributed by atoms with van der Waals surface area (Å²) >= 11 is 0. The van der Waals surface area contributed by atoms with Gasteiger partial charge in [0, 0.05) is 6.04 Å². The SMILES string of the molecule is CCCCNC(C)c1cccc(OCC)c1. The number of ether oxygens (including phenoxy) is 1. The molecule has 0 bridgehead atoms. The molecule has 2 heteroatoms. The van der Waals surface area contributed by atoms with Gasteiger partial charge < -0.3 is 10.1 Å². The van der Waals surface area contributed by atoms with Crippen molar-refractivity contribution in [3.8, 4) is 5.75 Å². The first-order chi connectivity index (χ1) is 7.77. The van der Waals surface area contributed by atoms with E-state index in [0.29, 0.717) is 6.04 Å². The largest absolute Gasteiger partial charge is 0.494 e. The van der Waals surface area contributed by atoms with E-state index in [0.717, 1.165) is 18.9 Å². The molecule has 0 aliphatic heterocycles. The fraction of sp³-hybridized carbons (Fsp3) is 0.571. The number of hydrogen-bond donors (Lipinski definition) is 1. The van der Waals surface area contributed by atoms with Gasteiger partial charge in [0.05, 0.1) is 6.61 Å². The summed E-state index contributed by atoms with van der Waals surface area (Å²) < 4.78 is 5.49. The van der Waals surface area contributed by atoms with Crippen molar-refractivity contribution in [1.82, 2.24) is 5.32 Å². The third kappa shape index (κ3) is 4.23. The average Bonchev–Trinajstić information content (AvgIpc) is 2.30. The van der Waals surface area contributed by atoms with E-state index in [9.17, 15) is 0 Å². The lowest BCUT2D eigenvalue weighted by Gasteiger charge is -2.15. The Hall–Kier alpha value is -1.02. The molecule has 0 saturated heterocycles. The first-order valence-corrected chi connectivity index (χ1v) is 6.24. The van der Waals surface area contributed by atoms with Crippen LogP contribution in [0.3, 0.4) is 0 Å². The standard InChI is InChI=1S/C14H23NO/c1-4-6-10-15-12(3)13-8-7-9-14(11-13)16-5-2/h7-9,11-12,15H,4-6,10H2,1-3H3. The van der Waals surface area contributed by atoms with Gasteiger partial charge in [0.1, 0.15) is 5.75 Å². The van der Waals surface area contributed by atoms with Gasteiger partial charge >= 0.3 is 0 Å². The molecule has 0 aliphatic rings. The quantitative estimate of drug-likeness (QED) is 0.711. The summed E-state index contributed by atoms with van der Waals surface area (Å²) in [5.74, 6) is 0.962. The van der Waals surface area contributed by atoms with Gasteiger partial charge in [-0.1, -0.05) is 25.5 Å². The van der Waals surface area contributed by atoms with Crippen LogP contribution < -0.4 is 10.1 Å². The molecule has 0 radical (unpaired) electrons. The Morgan fingerprint density at radius 1 is 1.31 bits per heavy atom. The van der Waals surface area contributed by atoms with Crippen LogP contribution >= 0.6 is 0 Å². The molecule has 0 fully saturated rings. The first-order valence-electron chi connectivity index (χ1n) is 6.24. The zero-order chi connectivity index (χ0) is 11.8. The van der Waals surface area contributed by atoms with E-state index < -0.39 is 0 Å². The second-order valence-corrected chi connectivity index (χ2v) is 4.03. The van der Waals surface area contributed by atoms with Crippen molar-refractivity contribution in [3.05, 3.63) is 29.8 Å². The molecule has 0 aliphatic carbocycles. The highest BCUT2D eigenvalue weighted by molar-refractivity contribution is 5.30. The van der Waals surface area contributed by atoms with Crippen LogP contribution in [-0.2, 0) is 0 Å². The Labute approximate surface area is 99.0 Å². The first kappa shape index (κ1) is 13.0. The van der Waals surface area contributed by atoms with Crippen LogP contribution in [0, 0.1) is 0 Å². The van der Waals surface area contributed by atoms with Gasteiger partial charge in [-0.05, 0) is 44.5 Å². The van der Waals surface area contributed by atoms with Crippen molar-refractivity contribution in [2.24, 2.45) is 0 Å². The van der Waals surface area contributed by atoms with E-state index in [1.165, 1.54) is 18.4 Å². The minimum absolute atomic E-state index is 0.395. The molecule has 0 amide bonds. The molecule has 1 N–H and O–H groups in total. The Morgan fingerprint density at radius 3 is 2.81 bits per heavy atom. The maximum atomic E-state index is 5.49. The molecule has 1 aromatic rings. The predicted molar refractivity (Wildman–Crippen MR) is 68.9 cm³/mol. The minimum atomic E-state index is 0.395. The lowest BCUT2D eigenvalue weighted by atomic mass is 10.1. The van der Waals surface area contributed by atoms with Gasteiger partial charge in [0.15, 0.2) is 0 Å². The molecule has 90 valence electrons. The highest BCUT2D eigenvalue weighted by Gasteiger charge is 2.04. The van der Waals surface area contributed by atoms with Gasteiger partial charge in [-0.2, -0.15) is 0 Å². The van der Waals surface area contributed by atoms with Crippen molar-refractivity contribution in [3.63, 3.8) is 0 Å². The van der Waals surface area contributed by atoms with Crippen LogP contribution in [0.1, 0.15) is 45.2 Å². The van der Waals surface area contributed by atoms with Crippen molar-refractivity contribution in [2.45, 2.75) is 39.7 Å². The number of nitrogens with one attached hydrogen (secondary N) is 1. The Balaban J connectivity index is 2.53. The zero-order valence-electron chi connectivity index (χ0n) is 10.6. The number of rotatable bonds is 7. The average molecular weight is 221 g/mol. The van der Waals surface area contributed by atoms with Crippen LogP contribution in [0.5, 0.6) is 5.75 Å². The minimum Gasteiger partial charge on any atom is -0.494 e. The molecule has 0 spiro atoms. The van der Waals surface area contributed by atoms with E-state index >= 15 is 0 Å². The molecule has 0 heterocycles. The maximum Gasteiger partial charge on any atom is 0.119 e. The summed E-state index contributed by atoms with van der Waals surface area (Å²) in [6.07, 6.45) is 2.47. The van der Waals surface area contributed by atoms with Crippen molar-refractivity contribution < 1.29 is 4.74 Å². The monoisotopic (exact) mass is 221 g/mol. The third-order valence-corrected chi connectivity index (χ3v) is 2.65. The summed E-state index contributed by atoms with van der Waals surface area (Å²) in [4.78, 5) is 0. The number of unbranched alkanes of at least 4 members (excludes halogenated alkanes) is 1. The fourth-order valence-corrected chi connectivity index (χ4v) is 1.65. The maximum absolute atomic E-state index is 5.49. The lowest BCUT2D eigenvalue weighted by molar-refractivity contribution is 0.339. The molecular formula is C14H23NO. The van der Waals surface area contributed by atoms with Crippen molar-refractivity contribution >= 4 is 0 Å². The normalized spacial score (nSPS) is 12.4. The van der Waals surface area contributed by atoms with Crippen molar-refractivity contribution in [1.29, 1.82) is 0 Å². The van der Waals surface area contributed by atoms with Crippen LogP contribution in [0.4, 0.5) is 0 Å². The molecule has 0 saturated carbocycles. The van der Waals surface area contributed by atoms with Crippen LogP contribution in [-0.4, -0.2) is 13.2 Å². The molecule has 2 nitrogen and oxygen atoms in total. The van der Waals surface area contributed by atoms with Gasteiger partial charge in [-0.25, -0.2) is 0 Å². The topological polar surface area (TPSA) is 21.3 Å². The van der Waals surface area contributed by atoms with E-state index in [-0.39, 0.29) is 0 Å². The molecule has 1 unspecified atom stereocenters. The molecule has 1 atom stereocenters. The molecular weight excluding hydrogens is 198 g/mol. The Morgan fingerprint density at radius 2 is 2.12 bits per heavy atom. The molecule has 1 aromatic carbocycles. The summed E-state index contributed by atoms with van der Waals surface area (Å²) in [7, 11) is 0. The van der Waals surface area contributed by atoms with Crippen molar-refractivity contribution in [2.75, 3.05) is 13.2 Å². The van der Waals surface area contributed by atoms with E-state index in [2.05, 4.69) is 37.4 Å². The van der Waals surface area contributed by atoms with Gasteiger partial charge in [0.25, 0.3) is 0 Å². The lowest BCUT2D eigenvalue weighted by Crippen LogP contribution is -2.19. The Kier molecular flexibility index (Phi) is 5.94. The fourth-order valence-electron chi connectivity index (χ4n) is 1.65. The van der Waals surface area contributed by atoms with E-state index in [4.69, 9.17) is 4.74 Å². The van der Waals surface area contributed by atoms with Gasteiger partial charge in [-0.3, -0.25) is 0 Å². The summed E-state index contributed by atoms with van der Waals surface area (Å²) in [5.41, 5.74) is 1.29. The third-order valence-electron chi connectivity index (χ3n) is 2.65. The van der Waals surface area contributed by atoms with Gasteiger partial charge in [-0.15, -0.1) is 0 Å². The number of hydrogen-bond acceptors (Lipinski definition) is 2. The Bertz CT molecular complexity index is 299. The van der Waals surface area contributed by atoms with E-state index in [1.54, 1.807) is 0 Å². The summed E-state index contributed by atoms with van der Waals surface area (Å²) in [5, 5.41) is 3.51. The zero-order valence-corrected chi connectivity index (χ0v) is 10.6. The van der Waals surface area contributed by atoms with Crippen LogP contribution in [0.2, 0.25) is 0 Å². The molecule has 1 rings (SSSR count). The summed E-state index contributed by atoms with van der Waals surface area (Å²) in [6.45, 7) is 8.22. The second-order valence-electron chi connectivity index (χ2n) is 4.03.